The van der Waals surface area contributed by atoms with Crippen molar-refractivity contribution in [3.63, 3.8) is 0 Å². The molecule has 0 amide bonds. The maximum Gasteiger partial charge on any atom is 0.193 e. The number of hydrogen-bond acceptors (Lipinski definition) is 3. The molecule has 0 bridgehead atoms. The number of benzene rings is 1. The van der Waals surface area contributed by atoms with Gasteiger partial charge in [0, 0.05) is 26.2 Å². The van der Waals surface area contributed by atoms with E-state index in [-0.39, 0.29) is 11.5 Å². The Morgan fingerprint density at radius 2 is 1.93 bits per heavy atom. The summed E-state index contributed by atoms with van der Waals surface area (Å²) < 4.78 is 24.6. The second-order valence-corrected chi connectivity index (χ2v) is 10.2. The van der Waals surface area contributed by atoms with Gasteiger partial charge in [0.25, 0.3) is 0 Å². The van der Waals surface area contributed by atoms with Gasteiger partial charge in [-0.1, -0.05) is 43.2 Å². The van der Waals surface area contributed by atoms with Gasteiger partial charge in [-0.3, -0.25) is 4.99 Å². The predicted molar refractivity (Wildman–Crippen MR) is 112 cm³/mol. The second kappa shape index (κ2) is 9.09. The minimum absolute atomic E-state index is 0.117. The minimum atomic E-state index is -3.09. The van der Waals surface area contributed by atoms with E-state index in [0.717, 1.165) is 31.2 Å². The fraction of sp³-hybridized carbons (Fsp3) is 0.667. The molecular formula is C21H33N3O2S. The Kier molecular flexibility index (Phi) is 6.79. The number of likely N-dealkylation sites (tertiary alicyclic amines) is 1. The van der Waals surface area contributed by atoms with Gasteiger partial charge in [0.1, 0.15) is 0 Å². The van der Waals surface area contributed by atoms with E-state index in [1.807, 2.05) is 30.3 Å². The van der Waals surface area contributed by atoms with E-state index in [9.17, 15) is 8.42 Å². The Labute approximate surface area is 164 Å². The minimum Gasteiger partial charge on any atom is -0.357 e. The Balaban J connectivity index is 1.50. The molecule has 1 aromatic carbocycles. The Hall–Kier alpha value is -1.56. The van der Waals surface area contributed by atoms with E-state index >= 15 is 0 Å². The van der Waals surface area contributed by atoms with Crippen LogP contribution in [0.25, 0.3) is 0 Å². The van der Waals surface area contributed by atoms with Crippen molar-refractivity contribution in [1.82, 2.24) is 10.2 Å². The van der Waals surface area contributed by atoms with E-state index in [1.54, 1.807) is 0 Å². The van der Waals surface area contributed by atoms with Crippen LogP contribution in [0, 0.1) is 5.41 Å². The number of nitrogens with zero attached hydrogens (tertiary/aromatic N) is 2. The molecule has 3 rings (SSSR count). The molecule has 0 atom stereocenters. The summed E-state index contributed by atoms with van der Waals surface area (Å²) in [6.45, 7) is 5.65. The maximum atomic E-state index is 12.3. The van der Waals surface area contributed by atoms with Crippen molar-refractivity contribution in [2.75, 3.05) is 31.9 Å². The van der Waals surface area contributed by atoms with Crippen molar-refractivity contribution in [3.05, 3.63) is 35.9 Å². The van der Waals surface area contributed by atoms with Crippen molar-refractivity contribution in [3.8, 4) is 0 Å². The largest absolute Gasteiger partial charge is 0.357 e. The van der Waals surface area contributed by atoms with E-state index in [1.165, 1.54) is 32.1 Å². The lowest BCUT2D eigenvalue weighted by molar-refractivity contribution is 0.309. The molecule has 1 aliphatic carbocycles. The summed E-state index contributed by atoms with van der Waals surface area (Å²) in [6.07, 6.45) is 7.26. The van der Waals surface area contributed by atoms with E-state index in [4.69, 9.17) is 4.99 Å². The monoisotopic (exact) mass is 391 g/mol. The fourth-order valence-corrected chi connectivity index (χ4v) is 5.86. The normalized spacial score (nSPS) is 19.7. The number of guanidine groups is 1. The zero-order valence-corrected chi connectivity index (χ0v) is 17.3. The topological polar surface area (TPSA) is 61.8 Å². The molecule has 5 nitrogen and oxygen atoms in total. The van der Waals surface area contributed by atoms with Crippen LogP contribution in [0.15, 0.2) is 35.3 Å². The number of hydrogen-bond donors (Lipinski definition) is 1. The first kappa shape index (κ1) is 20.2. The molecule has 0 unspecified atom stereocenters. The van der Waals surface area contributed by atoms with Crippen molar-refractivity contribution < 1.29 is 8.42 Å². The summed E-state index contributed by atoms with van der Waals surface area (Å²) in [5.41, 5.74) is 1.36. The number of aliphatic imine (C=N–C) groups is 1. The zero-order chi connectivity index (χ0) is 19.2. The van der Waals surface area contributed by atoms with Gasteiger partial charge in [-0.15, -0.1) is 0 Å². The zero-order valence-electron chi connectivity index (χ0n) is 16.5. The highest BCUT2D eigenvalue weighted by Gasteiger charge is 2.41. The van der Waals surface area contributed by atoms with Crippen LogP contribution < -0.4 is 5.32 Å². The quantitative estimate of drug-likeness (QED) is 0.440. The Morgan fingerprint density at radius 3 is 2.63 bits per heavy atom. The first-order chi connectivity index (χ1) is 13.0. The van der Waals surface area contributed by atoms with Gasteiger partial charge in [-0.05, 0) is 43.6 Å². The highest BCUT2D eigenvalue weighted by molar-refractivity contribution is 7.90. The molecule has 2 aliphatic rings. The van der Waals surface area contributed by atoms with Crippen molar-refractivity contribution in [2.24, 2.45) is 10.4 Å². The standard InChI is InChI=1S/C21H33N3O2S/c1-2-22-20(24-15-13-21(18-24)11-6-7-12-21)23-14-8-16-27(25,26)17-19-9-4-3-5-10-19/h3-5,9-10H,2,6-8,11-18H2,1H3,(H,22,23). The van der Waals surface area contributed by atoms with Crippen LogP contribution in [0.3, 0.4) is 0 Å². The molecule has 2 fully saturated rings. The van der Waals surface area contributed by atoms with Crippen LogP contribution in [-0.4, -0.2) is 51.2 Å². The second-order valence-electron chi connectivity index (χ2n) is 8.05. The third-order valence-electron chi connectivity index (χ3n) is 5.84. The molecule has 1 N–H and O–H groups in total. The summed E-state index contributed by atoms with van der Waals surface area (Å²) in [5.74, 6) is 1.27. The molecule has 1 saturated heterocycles. The van der Waals surface area contributed by atoms with Crippen molar-refractivity contribution in [2.45, 2.75) is 51.2 Å². The Morgan fingerprint density at radius 1 is 1.19 bits per heavy atom. The lowest BCUT2D eigenvalue weighted by Gasteiger charge is -2.26. The van der Waals surface area contributed by atoms with E-state index in [2.05, 4.69) is 17.1 Å². The van der Waals surface area contributed by atoms with Gasteiger partial charge < -0.3 is 10.2 Å². The lowest BCUT2D eigenvalue weighted by Crippen LogP contribution is -2.41. The Bertz CT molecular complexity index is 725. The van der Waals surface area contributed by atoms with Gasteiger partial charge in [0.05, 0.1) is 11.5 Å². The van der Waals surface area contributed by atoms with E-state index in [0.29, 0.717) is 18.4 Å². The molecule has 1 aromatic rings. The number of nitrogens with one attached hydrogen (secondary N) is 1. The van der Waals surface area contributed by atoms with Gasteiger partial charge in [0.2, 0.25) is 0 Å². The molecule has 1 heterocycles. The lowest BCUT2D eigenvalue weighted by atomic mass is 9.86. The number of sulfone groups is 1. The molecule has 27 heavy (non-hydrogen) atoms. The SMILES string of the molecule is CCNC(=NCCCS(=O)(=O)Cc1ccccc1)N1CCC2(CCCC2)C1. The van der Waals surface area contributed by atoms with Crippen LogP contribution in [-0.2, 0) is 15.6 Å². The van der Waals surface area contributed by atoms with E-state index < -0.39 is 9.84 Å². The summed E-state index contributed by atoms with van der Waals surface area (Å²) in [7, 11) is -3.09. The molecular weight excluding hydrogens is 358 g/mol. The predicted octanol–water partition coefficient (Wildman–Crippen LogP) is 3.22. The molecule has 1 spiro atoms. The molecule has 0 aromatic heterocycles. The summed E-state index contributed by atoms with van der Waals surface area (Å²) >= 11 is 0. The van der Waals surface area contributed by atoms with Crippen molar-refractivity contribution in [1.29, 1.82) is 0 Å². The van der Waals surface area contributed by atoms with Crippen LogP contribution >= 0.6 is 0 Å². The molecule has 6 heteroatoms. The molecule has 150 valence electrons. The molecule has 1 saturated carbocycles. The average Bonchev–Trinajstić information content (AvgIpc) is 3.28. The third-order valence-corrected chi connectivity index (χ3v) is 7.53. The highest BCUT2D eigenvalue weighted by Crippen LogP contribution is 2.45. The summed E-state index contributed by atoms with van der Waals surface area (Å²) in [4.78, 5) is 7.11. The summed E-state index contributed by atoms with van der Waals surface area (Å²) in [6, 6.07) is 9.40. The third kappa shape index (κ3) is 5.71. The average molecular weight is 392 g/mol. The van der Waals surface area contributed by atoms with Crippen LogP contribution in [0.5, 0.6) is 0 Å². The van der Waals surface area contributed by atoms with Crippen molar-refractivity contribution >= 4 is 15.8 Å². The maximum absolute atomic E-state index is 12.3. The van der Waals surface area contributed by atoms with Gasteiger partial charge in [0.15, 0.2) is 15.8 Å². The smallest absolute Gasteiger partial charge is 0.193 e. The molecule has 1 aliphatic heterocycles. The first-order valence-electron chi connectivity index (χ1n) is 10.3. The summed E-state index contributed by atoms with van der Waals surface area (Å²) in [5, 5.41) is 3.39. The fourth-order valence-electron chi connectivity index (χ4n) is 4.44. The highest BCUT2D eigenvalue weighted by atomic mass is 32.2. The van der Waals surface area contributed by atoms with Crippen LogP contribution in [0.4, 0.5) is 0 Å². The number of rotatable bonds is 7. The van der Waals surface area contributed by atoms with Gasteiger partial charge in [-0.25, -0.2) is 8.42 Å². The molecule has 0 radical (unpaired) electrons. The van der Waals surface area contributed by atoms with Crippen LogP contribution in [0.1, 0.15) is 51.0 Å². The first-order valence-corrected chi connectivity index (χ1v) is 12.1. The van der Waals surface area contributed by atoms with Gasteiger partial charge in [-0.2, -0.15) is 0 Å². The van der Waals surface area contributed by atoms with Gasteiger partial charge >= 0.3 is 0 Å². The van der Waals surface area contributed by atoms with Crippen LogP contribution in [0.2, 0.25) is 0 Å².